The van der Waals surface area contributed by atoms with Crippen LogP contribution in [0.25, 0.3) is 0 Å². The van der Waals surface area contributed by atoms with Crippen LogP contribution in [0.3, 0.4) is 0 Å². The van der Waals surface area contributed by atoms with Crippen LogP contribution in [0.15, 0.2) is 18.2 Å². The molecule has 1 aliphatic heterocycles. The van der Waals surface area contributed by atoms with E-state index in [1.54, 1.807) is 0 Å². The van der Waals surface area contributed by atoms with Crippen molar-refractivity contribution < 1.29 is 8.78 Å². The summed E-state index contributed by atoms with van der Waals surface area (Å²) in [4.78, 5) is 2.13. The van der Waals surface area contributed by atoms with Gasteiger partial charge in [0, 0.05) is 18.2 Å². The van der Waals surface area contributed by atoms with Gasteiger partial charge in [-0.25, -0.2) is 8.78 Å². The van der Waals surface area contributed by atoms with Crippen LogP contribution < -0.4 is 5.73 Å². The van der Waals surface area contributed by atoms with Gasteiger partial charge >= 0.3 is 0 Å². The normalized spacial score (nSPS) is 24.9. The van der Waals surface area contributed by atoms with Crippen molar-refractivity contribution in [3.8, 4) is 0 Å². The maximum atomic E-state index is 14.0. The summed E-state index contributed by atoms with van der Waals surface area (Å²) in [5.74, 6) is -0.533. The van der Waals surface area contributed by atoms with Gasteiger partial charge in [0.1, 0.15) is 11.6 Å². The first-order valence-electron chi connectivity index (χ1n) is 6.94. The average Bonchev–Trinajstić information content (AvgIpc) is 2.31. The summed E-state index contributed by atoms with van der Waals surface area (Å²) in [5, 5.41) is 0. The third-order valence-corrected chi connectivity index (χ3v) is 3.68. The van der Waals surface area contributed by atoms with E-state index in [4.69, 9.17) is 5.73 Å². The van der Waals surface area contributed by atoms with Crippen LogP contribution in [-0.2, 0) is 0 Å². The molecular formula is C15H22F2N2. The van der Waals surface area contributed by atoms with Crippen molar-refractivity contribution >= 4 is 0 Å². The molecule has 106 valence electrons. The van der Waals surface area contributed by atoms with Crippen LogP contribution in [0.5, 0.6) is 0 Å². The molecule has 1 saturated heterocycles. The van der Waals surface area contributed by atoms with Gasteiger partial charge in [0.2, 0.25) is 0 Å². The molecule has 1 aromatic rings. The Kier molecular flexibility index (Phi) is 4.53. The number of hydrogen-bond donors (Lipinski definition) is 1. The molecule has 0 spiro atoms. The first-order valence-corrected chi connectivity index (χ1v) is 6.94. The highest BCUT2D eigenvalue weighted by atomic mass is 19.1. The fourth-order valence-electron chi connectivity index (χ4n) is 2.96. The Balaban J connectivity index is 2.36. The first-order chi connectivity index (χ1) is 9.00. The molecule has 2 atom stereocenters. The molecule has 0 amide bonds. The third-order valence-electron chi connectivity index (χ3n) is 3.68. The van der Waals surface area contributed by atoms with Gasteiger partial charge < -0.3 is 5.73 Å². The summed E-state index contributed by atoms with van der Waals surface area (Å²) in [5.41, 5.74) is 6.27. The predicted octanol–water partition coefficient (Wildman–Crippen LogP) is 3.09. The van der Waals surface area contributed by atoms with Gasteiger partial charge in [0.05, 0.1) is 6.04 Å². The maximum Gasteiger partial charge on any atom is 0.130 e. The Hall–Kier alpha value is -1.00. The minimum absolute atomic E-state index is 0.135. The summed E-state index contributed by atoms with van der Waals surface area (Å²) in [7, 11) is 0. The number of nitrogens with zero attached hydrogens (tertiary/aromatic N) is 1. The van der Waals surface area contributed by atoms with Crippen LogP contribution in [0, 0.1) is 17.6 Å². The molecule has 2 unspecified atom stereocenters. The molecule has 2 N–H and O–H groups in total. The summed E-state index contributed by atoms with van der Waals surface area (Å²) >= 11 is 0. The Morgan fingerprint density at radius 1 is 1.32 bits per heavy atom. The minimum atomic E-state index is -0.490. The highest BCUT2D eigenvalue weighted by Crippen LogP contribution is 2.33. The number of nitrogens with two attached hydrogens (primary N) is 1. The topological polar surface area (TPSA) is 29.3 Å². The number of hydrogen-bond acceptors (Lipinski definition) is 2. The van der Waals surface area contributed by atoms with E-state index in [0.717, 1.165) is 25.9 Å². The van der Waals surface area contributed by atoms with Gasteiger partial charge in [0.15, 0.2) is 0 Å². The highest BCUT2D eigenvalue weighted by molar-refractivity contribution is 5.25. The molecular weight excluding hydrogens is 246 g/mol. The van der Waals surface area contributed by atoms with Gasteiger partial charge in [-0.2, -0.15) is 0 Å². The van der Waals surface area contributed by atoms with Crippen molar-refractivity contribution in [2.75, 3.05) is 13.1 Å². The van der Waals surface area contributed by atoms with Gasteiger partial charge in [-0.15, -0.1) is 0 Å². The second-order valence-corrected chi connectivity index (χ2v) is 5.78. The van der Waals surface area contributed by atoms with Crippen molar-refractivity contribution in [1.29, 1.82) is 0 Å². The van der Waals surface area contributed by atoms with Gasteiger partial charge in [-0.3, -0.25) is 4.90 Å². The van der Waals surface area contributed by atoms with Crippen molar-refractivity contribution in [1.82, 2.24) is 4.90 Å². The fraction of sp³-hybridized carbons (Fsp3) is 0.600. The van der Waals surface area contributed by atoms with E-state index >= 15 is 0 Å². The van der Waals surface area contributed by atoms with Crippen LogP contribution in [0.2, 0.25) is 0 Å². The Bertz CT molecular complexity index is 414. The van der Waals surface area contributed by atoms with Crippen molar-refractivity contribution in [3.63, 3.8) is 0 Å². The van der Waals surface area contributed by atoms with E-state index in [2.05, 4.69) is 18.7 Å². The molecule has 19 heavy (non-hydrogen) atoms. The summed E-state index contributed by atoms with van der Waals surface area (Å²) in [6, 6.07) is 3.46. The molecule has 0 aliphatic carbocycles. The van der Waals surface area contributed by atoms with Crippen LogP contribution >= 0.6 is 0 Å². The zero-order valence-electron chi connectivity index (χ0n) is 11.6. The molecule has 1 heterocycles. The van der Waals surface area contributed by atoms with Crippen molar-refractivity contribution in [2.45, 2.75) is 38.8 Å². The second kappa shape index (κ2) is 5.97. The van der Waals surface area contributed by atoms with Crippen molar-refractivity contribution in [3.05, 3.63) is 35.4 Å². The van der Waals surface area contributed by atoms with E-state index in [-0.39, 0.29) is 17.6 Å². The monoisotopic (exact) mass is 268 g/mol. The Morgan fingerprint density at radius 3 is 2.53 bits per heavy atom. The number of rotatable bonds is 3. The SMILES string of the molecule is CC(C)CN1CCCC(N)C1c1c(F)cccc1F. The summed E-state index contributed by atoms with van der Waals surface area (Å²) in [6.45, 7) is 5.88. The lowest BCUT2D eigenvalue weighted by Gasteiger charge is -2.41. The summed E-state index contributed by atoms with van der Waals surface area (Å²) < 4.78 is 28.0. The number of benzene rings is 1. The van der Waals surface area contributed by atoms with Crippen LogP contribution in [-0.4, -0.2) is 24.0 Å². The zero-order chi connectivity index (χ0) is 14.0. The van der Waals surface area contributed by atoms with Crippen LogP contribution in [0.4, 0.5) is 8.78 Å². The minimum Gasteiger partial charge on any atom is -0.326 e. The van der Waals surface area contributed by atoms with E-state index in [1.165, 1.54) is 18.2 Å². The second-order valence-electron chi connectivity index (χ2n) is 5.78. The van der Waals surface area contributed by atoms with E-state index in [1.807, 2.05) is 0 Å². The zero-order valence-corrected chi connectivity index (χ0v) is 11.6. The standard InChI is InChI=1S/C15H22F2N2/c1-10(2)9-19-8-4-7-13(18)15(19)14-11(16)5-3-6-12(14)17/h3,5-6,10,13,15H,4,7-9,18H2,1-2H3. The molecule has 0 bridgehead atoms. The van der Waals surface area contributed by atoms with E-state index < -0.39 is 11.6 Å². The molecule has 4 heteroatoms. The molecule has 2 rings (SSSR count). The maximum absolute atomic E-state index is 14.0. The van der Waals surface area contributed by atoms with E-state index in [0.29, 0.717) is 5.92 Å². The molecule has 0 aromatic heterocycles. The number of likely N-dealkylation sites (tertiary alicyclic amines) is 1. The Morgan fingerprint density at radius 2 is 1.95 bits per heavy atom. The Labute approximate surface area is 113 Å². The van der Waals surface area contributed by atoms with Gasteiger partial charge in [-0.1, -0.05) is 19.9 Å². The largest absolute Gasteiger partial charge is 0.326 e. The molecule has 1 fully saturated rings. The summed E-state index contributed by atoms with van der Waals surface area (Å²) in [6.07, 6.45) is 1.80. The molecule has 1 aliphatic rings. The third kappa shape index (κ3) is 3.12. The quantitative estimate of drug-likeness (QED) is 0.912. The van der Waals surface area contributed by atoms with Crippen molar-refractivity contribution in [2.24, 2.45) is 11.7 Å². The van der Waals surface area contributed by atoms with Gasteiger partial charge in [-0.05, 0) is 37.4 Å². The fourth-order valence-corrected chi connectivity index (χ4v) is 2.96. The predicted molar refractivity (Wildman–Crippen MR) is 72.7 cm³/mol. The lowest BCUT2D eigenvalue weighted by atomic mass is 9.89. The number of piperidine rings is 1. The van der Waals surface area contributed by atoms with Crippen LogP contribution in [0.1, 0.15) is 38.3 Å². The molecule has 0 saturated carbocycles. The molecule has 0 radical (unpaired) electrons. The lowest BCUT2D eigenvalue weighted by molar-refractivity contribution is 0.108. The number of halogens is 2. The molecule has 2 nitrogen and oxygen atoms in total. The average molecular weight is 268 g/mol. The van der Waals surface area contributed by atoms with E-state index in [9.17, 15) is 8.78 Å². The lowest BCUT2D eigenvalue weighted by Crippen LogP contribution is -2.47. The smallest absolute Gasteiger partial charge is 0.130 e. The highest BCUT2D eigenvalue weighted by Gasteiger charge is 2.34. The van der Waals surface area contributed by atoms with Gasteiger partial charge in [0.25, 0.3) is 0 Å². The molecule has 1 aromatic carbocycles. The first kappa shape index (κ1) is 14.4.